The number of aliphatic imine (C=N–C) groups is 1. The van der Waals surface area contributed by atoms with Crippen LogP contribution in [-0.4, -0.2) is 27.5 Å². The summed E-state index contributed by atoms with van der Waals surface area (Å²) in [4.78, 5) is 23.8. The molecule has 0 atom stereocenters. The fourth-order valence-corrected chi connectivity index (χ4v) is 4.47. The lowest BCUT2D eigenvalue weighted by Gasteiger charge is -2.12. The van der Waals surface area contributed by atoms with E-state index in [-0.39, 0.29) is 5.91 Å². The quantitative estimate of drug-likeness (QED) is 0.371. The monoisotopic (exact) mass is 483 g/mol. The van der Waals surface area contributed by atoms with Crippen molar-refractivity contribution in [2.75, 3.05) is 6.54 Å². The number of carbonyl (C=O) groups excluding carboxylic acids is 1. The maximum absolute atomic E-state index is 13.0. The van der Waals surface area contributed by atoms with Crippen LogP contribution < -0.4 is 4.74 Å². The Bertz CT molecular complexity index is 1210. The fourth-order valence-electron chi connectivity index (χ4n) is 3.08. The first-order valence-electron chi connectivity index (χ1n) is 9.91. The summed E-state index contributed by atoms with van der Waals surface area (Å²) >= 11 is 13.7. The lowest BCUT2D eigenvalue weighted by molar-refractivity contribution is -0.122. The van der Waals surface area contributed by atoms with Gasteiger partial charge in [0.15, 0.2) is 5.17 Å². The Hall–Kier alpha value is -2.80. The highest BCUT2D eigenvalue weighted by Gasteiger charge is 2.32. The number of nitrogens with zero attached hydrogens (tertiary/aromatic N) is 3. The Labute approximate surface area is 200 Å². The van der Waals surface area contributed by atoms with Crippen molar-refractivity contribution in [1.82, 2.24) is 9.88 Å². The number of hydrogen-bond donors (Lipinski definition) is 0. The highest BCUT2D eigenvalue weighted by atomic mass is 35.5. The van der Waals surface area contributed by atoms with Gasteiger partial charge >= 0.3 is 0 Å². The maximum atomic E-state index is 13.0. The minimum Gasteiger partial charge on any atom is -0.488 e. The Morgan fingerprint density at radius 2 is 1.88 bits per heavy atom. The Balaban J connectivity index is 1.61. The van der Waals surface area contributed by atoms with E-state index in [0.717, 1.165) is 11.1 Å². The fraction of sp³-hybridized carbons (Fsp3) is 0.125. The Kier molecular flexibility index (Phi) is 7.15. The molecule has 2 aromatic carbocycles. The summed E-state index contributed by atoms with van der Waals surface area (Å²) in [6.45, 7) is 2.73. The van der Waals surface area contributed by atoms with Gasteiger partial charge in [0.05, 0.1) is 15.6 Å². The topological polar surface area (TPSA) is 54.8 Å². The molecule has 1 amide bonds. The molecule has 0 saturated carbocycles. The van der Waals surface area contributed by atoms with Crippen LogP contribution in [0.2, 0.25) is 10.0 Å². The largest absolute Gasteiger partial charge is 0.488 e. The first-order chi connectivity index (χ1) is 15.6. The van der Waals surface area contributed by atoms with E-state index in [4.69, 9.17) is 27.9 Å². The third-order valence-electron chi connectivity index (χ3n) is 4.72. The molecule has 0 bridgehead atoms. The van der Waals surface area contributed by atoms with Crippen LogP contribution in [0.3, 0.4) is 0 Å². The number of carbonyl (C=O) groups is 1. The Morgan fingerprint density at radius 3 is 2.66 bits per heavy atom. The van der Waals surface area contributed by atoms with E-state index in [1.54, 1.807) is 17.2 Å². The van der Waals surface area contributed by atoms with Gasteiger partial charge in [-0.3, -0.25) is 14.7 Å². The van der Waals surface area contributed by atoms with Crippen molar-refractivity contribution in [2.45, 2.75) is 13.5 Å². The highest BCUT2D eigenvalue weighted by molar-refractivity contribution is 8.18. The smallest absolute Gasteiger partial charge is 0.266 e. The summed E-state index contributed by atoms with van der Waals surface area (Å²) in [6.07, 6.45) is 4.97. The molecular weight excluding hydrogens is 465 g/mol. The number of likely N-dealkylation sites (N-methyl/N-ethyl adjacent to an activating group) is 1. The first kappa shape index (κ1) is 22.4. The van der Waals surface area contributed by atoms with Crippen LogP contribution in [0.1, 0.15) is 18.1 Å². The number of pyridine rings is 1. The van der Waals surface area contributed by atoms with Crippen molar-refractivity contribution >= 4 is 57.8 Å². The van der Waals surface area contributed by atoms with Gasteiger partial charge in [-0.2, -0.15) is 0 Å². The van der Waals surface area contributed by atoms with Gasteiger partial charge in [0.25, 0.3) is 5.91 Å². The second-order valence-electron chi connectivity index (χ2n) is 6.80. The van der Waals surface area contributed by atoms with Gasteiger partial charge in [0, 0.05) is 35.1 Å². The van der Waals surface area contributed by atoms with E-state index < -0.39 is 0 Å². The average molecular weight is 484 g/mol. The second-order valence-corrected chi connectivity index (χ2v) is 8.62. The van der Waals surface area contributed by atoms with Crippen LogP contribution in [0.25, 0.3) is 6.08 Å². The minimum atomic E-state index is -0.109. The van der Waals surface area contributed by atoms with Gasteiger partial charge in [0.2, 0.25) is 0 Å². The van der Waals surface area contributed by atoms with Crippen molar-refractivity contribution in [3.8, 4) is 5.75 Å². The highest BCUT2D eigenvalue weighted by Crippen LogP contribution is 2.36. The van der Waals surface area contributed by atoms with Gasteiger partial charge in [-0.05, 0) is 43.0 Å². The van der Waals surface area contributed by atoms with Gasteiger partial charge < -0.3 is 4.74 Å². The van der Waals surface area contributed by atoms with Crippen molar-refractivity contribution < 1.29 is 9.53 Å². The molecule has 0 aliphatic carbocycles. The zero-order chi connectivity index (χ0) is 22.5. The van der Waals surface area contributed by atoms with Crippen molar-refractivity contribution in [1.29, 1.82) is 0 Å². The standard InChI is InChI=1S/C24H19Cl2N3O2S/c1-2-29-23(30)22(32-24(29)28-20-11-12-27-14-19(20)26)13-16-7-4-6-10-21(16)31-15-17-8-3-5-9-18(17)25/h3-14H,2,15H2,1H3/b22-13-,28-24?. The van der Waals surface area contributed by atoms with Gasteiger partial charge in [0.1, 0.15) is 12.4 Å². The SMILES string of the molecule is CCN1C(=O)/C(=C/c2ccccc2OCc2ccccc2Cl)SC1=Nc1ccncc1Cl. The summed E-state index contributed by atoms with van der Waals surface area (Å²) in [5.74, 6) is 0.557. The maximum Gasteiger partial charge on any atom is 0.266 e. The number of thioether (sulfide) groups is 1. The summed E-state index contributed by atoms with van der Waals surface area (Å²) in [5, 5.41) is 1.66. The molecule has 0 spiro atoms. The number of amidine groups is 1. The molecule has 32 heavy (non-hydrogen) atoms. The third kappa shape index (κ3) is 4.99. The molecule has 0 radical (unpaired) electrons. The van der Waals surface area contributed by atoms with E-state index in [9.17, 15) is 4.79 Å². The minimum absolute atomic E-state index is 0.109. The Morgan fingerprint density at radius 1 is 1.09 bits per heavy atom. The molecule has 0 unspecified atom stereocenters. The van der Waals surface area contributed by atoms with Gasteiger partial charge in [-0.25, -0.2) is 4.99 Å². The predicted molar refractivity (Wildman–Crippen MR) is 132 cm³/mol. The molecule has 0 N–H and O–H groups in total. The number of rotatable bonds is 6. The van der Waals surface area contributed by atoms with Crippen LogP contribution in [0.5, 0.6) is 5.75 Å². The van der Waals surface area contributed by atoms with Crippen molar-refractivity contribution in [3.63, 3.8) is 0 Å². The van der Waals surface area contributed by atoms with Crippen LogP contribution in [-0.2, 0) is 11.4 Å². The molecule has 1 saturated heterocycles. The van der Waals surface area contributed by atoms with E-state index >= 15 is 0 Å². The second kappa shape index (κ2) is 10.2. The summed E-state index contributed by atoms with van der Waals surface area (Å²) < 4.78 is 6.02. The zero-order valence-corrected chi connectivity index (χ0v) is 19.5. The summed E-state index contributed by atoms with van der Waals surface area (Å²) in [5.41, 5.74) is 2.26. The first-order valence-corrected chi connectivity index (χ1v) is 11.5. The van der Waals surface area contributed by atoms with Gasteiger partial charge in [-0.15, -0.1) is 0 Å². The van der Waals surface area contributed by atoms with Crippen LogP contribution in [0.4, 0.5) is 5.69 Å². The molecule has 2 heterocycles. The lowest BCUT2D eigenvalue weighted by Crippen LogP contribution is -2.28. The zero-order valence-electron chi connectivity index (χ0n) is 17.2. The van der Waals surface area contributed by atoms with Crippen LogP contribution >= 0.6 is 35.0 Å². The molecule has 1 aliphatic rings. The van der Waals surface area contributed by atoms with E-state index in [0.29, 0.717) is 44.7 Å². The van der Waals surface area contributed by atoms with E-state index in [1.165, 1.54) is 18.0 Å². The summed E-state index contributed by atoms with van der Waals surface area (Å²) in [7, 11) is 0. The van der Waals surface area contributed by atoms with E-state index in [2.05, 4.69) is 9.98 Å². The lowest BCUT2D eigenvalue weighted by atomic mass is 10.1. The number of para-hydroxylation sites is 1. The number of benzene rings is 2. The molecule has 4 rings (SSSR count). The molecular formula is C24H19Cl2N3O2S. The molecule has 5 nitrogen and oxygen atoms in total. The number of aromatic nitrogens is 1. The van der Waals surface area contributed by atoms with Crippen molar-refractivity contribution in [2.24, 2.45) is 4.99 Å². The molecule has 1 fully saturated rings. The van der Waals surface area contributed by atoms with Crippen LogP contribution in [0.15, 0.2) is 76.9 Å². The number of ether oxygens (including phenoxy) is 1. The normalized spacial score (nSPS) is 16.2. The number of amides is 1. The van der Waals surface area contributed by atoms with E-state index in [1.807, 2.05) is 61.5 Å². The van der Waals surface area contributed by atoms with Gasteiger partial charge in [-0.1, -0.05) is 59.6 Å². The molecule has 1 aliphatic heterocycles. The predicted octanol–water partition coefficient (Wildman–Crippen LogP) is 6.59. The molecule has 3 aromatic rings. The van der Waals surface area contributed by atoms with Crippen LogP contribution in [0, 0.1) is 0 Å². The molecule has 8 heteroatoms. The average Bonchev–Trinajstić information content (AvgIpc) is 3.09. The van der Waals surface area contributed by atoms with Crippen molar-refractivity contribution in [3.05, 3.63) is 93.1 Å². The summed E-state index contributed by atoms with van der Waals surface area (Å²) in [6, 6.07) is 16.8. The number of halogens is 2. The molecule has 1 aromatic heterocycles. The molecule has 162 valence electrons. The number of hydrogen-bond acceptors (Lipinski definition) is 5. The third-order valence-corrected chi connectivity index (χ3v) is 6.38.